The Morgan fingerprint density at radius 1 is 1.91 bits per heavy atom. The number of aliphatic hydroxyl groups excluding tert-OH is 1. The van der Waals surface area contributed by atoms with E-state index < -0.39 is 6.10 Å². The SMILES string of the molecule is Cc1nc(C(O)CC=O)cs1. The van der Waals surface area contributed by atoms with E-state index in [0.717, 1.165) is 5.01 Å². The van der Waals surface area contributed by atoms with Gasteiger partial charge in [-0.2, -0.15) is 0 Å². The van der Waals surface area contributed by atoms with Gasteiger partial charge in [-0.15, -0.1) is 11.3 Å². The third kappa shape index (κ3) is 2.10. The van der Waals surface area contributed by atoms with Crippen LogP contribution in [0.5, 0.6) is 0 Å². The quantitative estimate of drug-likeness (QED) is 0.692. The molecule has 1 heterocycles. The second-order valence-electron chi connectivity index (χ2n) is 2.21. The van der Waals surface area contributed by atoms with E-state index in [-0.39, 0.29) is 6.42 Å². The van der Waals surface area contributed by atoms with Crippen LogP contribution in [-0.2, 0) is 4.79 Å². The Morgan fingerprint density at radius 3 is 3.09 bits per heavy atom. The molecule has 1 N–H and O–H groups in total. The number of hydrogen-bond acceptors (Lipinski definition) is 4. The molecule has 0 amide bonds. The van der Waals surface area contributed by atoms with Crippen molar-refractivity contribution in [3.05, 3.63) is 16.1 Å². The van der Waals surface area contributed by atoms with Gasteiger partial charge in [0.05, 0.1) is 10.7 Å². The van der Waals surface area contributed by atoms with E-state index >= 15 is 0 Å². The molecule has 0 spiro atoms. The first kappa shape index (κ1) is 8.36. The van der Waals surface area contributed by atoms with Crippen molar-refractivity contribution in [1.82, 2.24) is 4.98 Å². The molecule has 0 aliphatic rings. The number of aldehydes is 1. The van der Waals surface area contributed by atoms with Crippen LogP contribution in [0.3, 0.4) is 0 Å². The van der Waals surface area contributed by atoms with E-state index in [2.05, 4.69) is 4.98 Å². The van der Waals surface area contributed by atoms with Crippen LogP contribution in [0.4, 0.5) is 0 Å². The molecule has 3 nitrogen and oxygen atoms in total. The van der Waals surface area contributed by atoms with Crippen molar-refractivity contribution in [3.63, 3.8) is 0 Å². The number of carbonyl (C=O) groups excluding carboxylic acids is 1. The summed E-state index contributed by atoms with van der Waals surface area (Å²) in [6, 6.07) is 0. The number of thiazole rings is 1. The predicted molar refractivity (Wildman–Crippen MR) is 42.5 cm³/mol. The molecule has 1 rings (SSSR count). The molecule has 1 aromatic rings. The average molecular weight is 171 g/mol. The fourth-order valence-electron chi connectivity index (χ4n) is 0.745. The Kier molecular flexibility index (Phi) is 2.73. The molecular weight excluding hydrogens is 162 g/mol. The minimum absolute atomic E-state index is 0.128. The van der Waals surface area contributed by atoms with Gasteiger partial charge in [0.1, 0.15) is 12.4 Å². The van der Waals surface area contributed by atoms with Gasteiger partial charge in [-0.1, -0.05) is 0 Å². The second kappa shape index (κ2) is 3.59. The Bertz CT molecular complexity index is 246. The molecule has 0 bridgehead atoms. The first-order valence-electron chi connectivity index (χ1n) is 3.27. The third-order valence-electron chi connectivity index (χ3n) is 1.30. The van der Waals surface area contributed by atoms with Crippen molar-refractivity contribution < 1.29 is 9.90 Å². The number of carbonyl (C=O) groups is 1. The van der Waals surface area contributed by atoms with Crippen molar-refractivity contribution >= 4 is 17.6 Å². The summed E-state index contributed by atoms with van der Waals surface area (Å²) >= 11 is 1.47. The molecule has 0 saturated carbocycles. The monoisotopic (exact) mass is 171 g/mol. The maximum atomic E-state index is 10.0. The molecule has 0 aliphatic carbocycles. The molecule has 0 fully saturated rings. The van der Waals surface area contributed by atoms with Gasteiger partial charge in [0.15, 0.2) is 0 Å². The van der Waals surface area contributed by atoms with Crippen LogP contribution < -0.4 is 0 Å². The summed E-state index contributed by atoms with van der Waals surface area (Å²) in [4.78, 5) is 14.0. The van der Waals surface area contributed by atoms with Crippen LogP contribution in [0.25, 0.3) is 0 Å². The number of hydrogen-bond donors (Lipinski definition) is 1. The highest BCUT2D eigenvalue weighted by molar-refractivity contribution is 7.09. The van der Waals surface area contributed by atoms with E-state index in [1.165, 1.54) is 11.3 Å². The maximum Gasteiger partial charge on any atom is 0.122 e. The molecule has 4 heteroatoms. The van der Waals surface area contributed by atoms with Gasteiger partial charge in [-0.3, -0.25) is 0 Å². The van der Waals surface area contributed by atoms with E-state index in [0.29, 0.717) is 12.0 Å². The van der Waals surface area contributed by atoms with Crippen LogP contribution in [-0.4, -0.2) is 16.4 Å². The van der Waals surface area contributed by atoms with Gasteiger partial charge in [-0.05, 0) is 6.92 Å². The molecule has 0 aromatic carbocycles. The van der Waals surface area contributed by atoms with Gasteiger partial charge in [0.2, 0.25) is 0 Å². The zero-order valence-electron chi connectivity index (χ0n) is 6.15. The molecule has 1 unspecified atom stereocenters. The van der Waals surface area contributed by atoms with Crippen LogP contribution in [0, 0.1) is 6.92 Å². The van der Waals surface area contributed by atoms with Crippen molar-refractivity contribution in [3.8, 4) is 0 Å². The number of aromatic nitrogens is 1. The standard InChI is InChI=1S/C7H9NO2S/c1-5-8-6(4-11-5)7(10)2-3-9/h3-4,7,10H,2H2,1H3. The lowest BCUT2D eigenvalue weighted by molar-refractivity contribution is -0.109. The Balaban J connectivity index is 2.67. The van der Waals surface area contributed by atoms with Crippen LogP contribution >= 0.6 is 11.3 Å². The smallest absolute Gasteiger partial charge is 0.122 e. The number of aryl methyl sites for hydroxylation is 1. The number of nitrogens with zero attached hydrogens (tertiary/aromatic N) is 1. The van der Waals surface area contributed by atoms with Crippen LogP contribution in [0.15, 0.2) is 5.38 Å². The highest BCUT2D eigenvalue weighted by atomic mass is 32.1. The summed E-state index contributed by atoms with van der Waals surface area (Å²) in [5, 5.41) is 11.9. The van der Waals surface area contributed by atoms with Crippen molar-refractivity contribution in [2.24, 2.45) is 0 Å². The van der Waals surface area contributed by atoms with Crippen molar-refractivity contribution in [1.29, 1.82) is 0 Å². The Labute approximate surface area is 68.7 Å². The van der Waals surface area contributed by atoms with E-state index in [9.17, 15) is 9.90 Å². The molecule has 0 saturated heterocycles. The molecular formula is C7H9NO2S. The number of rotatable bonds is 3. The zero-order chi connectivity index (χ0) is 8.27. The Morgan fingerprint density at radius 2 is 2.64 bits per heavy atom. The molecule has 60 valence electrons. The molecule has 0 radical (unpaired) electrons. The van der Waals surface area contributed by atoms with Crippen LogP contribution in [0.2, 0.25) is 0 Å². The van der Waals surface area contributed by atoms with Crippen molar-refractivity contribution in [2.45, 2.75) is 19.4 Å². The summed E-state index contributed by atoms with van der Waals surface area (Å²) in [7, 11) is 0. The highest BCUT2D eigenvalue weighted by Crippen LogP contribution is 2.17. The first-order valence-corrected chi connectivity index (χ1v) is 4.15. The second-order valence-corrected chi connectivity index (χ2v) is 3.27. The lowest BCUT2D eigenvalue weighted by Crippen LogP contribution is -1.97. The summed E-state index contributed by atoms with van der Waals surface area (Å²) in [6.45, 7) is 1.86. The van der Waals surface area contributed by atoms with E-state index in [1.54, 1.807) is 5.38 Å². The average Bonchev–Trinajstić information content (AvgIpc) is 2.36. The maximum absolute atomic E-state index is 10.0. The Hall–Kier alpha value is -0.740. The van der Waals surface area contributed by atoms with Crippen LogP contribution in [0.1, 0.15) is 23.2 Å². The minimum atomic E-state index is -0.725. The summed E-state index contributed by atoms with van der Waals surface area (Å²) in [6.07, 6.45) is 0.0974. The van der Waals surface area contributed by atoms with E-state index in [1.807, 2.05) is 6.92 Å². The predicted octanol–water partition coefficient (Wildman–Crippen LogP) is 1.07. The lowest BCUT2D eigenvalue weighted by Gasteiger charge is -2.00. The summed E-state index contributed by atoms with van der Waals surface area (Å²) in [5.74, 6) is 0. The third-order valence-corrected chi connectivity index (χ3v) is 2.09. The molecule has 1 aromatic heterocycles. The fourth-order valence-corrected chi connectivity index (χ4v) is 1.40. The molecule has 11 heavy (non-hydrogen) atoms. The summed E-state index contributed by atoms with van der Waals surface area (Å²) in [5.41, 5.74) is 0.597. The summed E-state index contributed by atoms with van der Waals surface area (Å²) < 4.78 is 0. The first-order chi connectivity index (χ1) is 5.24. The van der Waals surface area contributed by atoms with Crippen molar-refractivity contribution in [2.75, 3.05) is 0 Å². The fraction of sp³-hybridized carbons (Fsp3) is 0.429. The normalized spacial score (nSPS) is 12.9. The van der Waals surface area contributed by atoms with E-state index in [4.69, 9.17) is 0 Å². The molecule has 1 atom stereocenters. The lowest BCUT2D eigenvalue weighted by atomic mass is 10.2. The topological polar surface area (TPSA) is 50.2 Å². The minimum Gasteiger partial charge on any atom is -0.386 e. The highest BCUT2D eigenvalue weighted by Gasteiger charge is 2.08. The number of aliphatic hydroxyl groups is 1. The molecule has 0 aliphatic heterocycles. The zero-order valence-corrected chi connectivity index (χ0v) is 6.97. The van der Waals surface area contributed by atoms with Gasteiger partial charge in [-0.25, -0.2) is 4.98 Å². The van der Waals surface area contributed by atoms with Gasteiger partial charge >= 0.3 is 0 Å². The van der Waals surface area contributed by atoms with Gasteiger partial charge in [0.25, 0.3) is 0 Å². The van der Waals surface area contributed by atoms with Gasteiger partial charge < -0.3 is 9.90 Å². The largest absolute Gasteiger partial charge is 0.386 e. The van der Waals surface area contributed by atoms with Gasteiger partial charge in [0, 0.05) is 11.8 Å².